The lowest BCUT2D eigenvalue weighted by atomic mass is 9.85. The highest BCUT2D eigenvalue weighted by Gasteiger charge is 2.36. The van der Waals surface area contributed by atoms with Crippen molar-refractivity contribution in [2.24, 2.45) is 0 Å². The van der Waals surface area contributed by atoms with Crippen molar-refractivity contribution in [3.63, 3.8) is 0 Å². The highest BCUT2D eigenvalue weighted by molar-refractivity contribution is 14.1. The van der Waals surface area contributed by atoms with Gasteiger partial charge < -0.3 is 15.2 Å². The van der Waals surface area contributed by atoms with Crippen molar-refractivity contribution in [2.75, 3.05) is 12.4 Å². The topological polar surface area (TPSA) is 89.3 Å². The third-order valence-electron chi connectivity index (χ3n) is 4.40. The number of aromatic hydroxyl groups is 1. The van der Waals surface area contributed by atoms with Crippen molar-refractivity contribution in [1.29, 1.82) is 0 Å². The number of halogens is 1. The standard InChI is InChI=1S/C16H15IN4O3/c1-24-12-6-8(5-9(17)15(12)23)14-13-10(3-2-4-11(13)22)20-16-18-7-19-21(14)16/h5-7,14,23H,2-4H2,1H3,(H,18,19,20)/t14-/m0/s1. The van der Waals surface area contributed by atoms with E-state index in [1.807, 2.05) is 6.07 Å². The van der Waals surface area contributed by atoms with Crippen LogP contribution in [0, 0.1) is 3.57 Å². The van der Waals surface area contributed by atoms with Gasteiger partial charge in [0.25, 0.3) is 0 Å². The Kier molecular flexibility index (Phi) is 3.70. The molecule has 4 rings (SSSR count). The monoisotopic (exact) mass is 438 g/mol. The molecule has 0 bridgehead atoms. The lowest BCUT2D eigenvalue weighted by molar-refractivity contribution is -0.116. The molecule has 8 heteroatoms. The maximum Gasteiger partial charge on any atom is 0.226 e. The molecule has 0 unspecified atom stereocenters. The summed E-state index contributed by atoms with van der Waals surface area (Å²) in [6.45, 7) is 0. The summed E-state index contributed by atoms with van der Waals surface area (Å²) in [6, 6.07) is 3.24. The van der Waals surface area contributed by atoms with Gasteiger partial charge in [-0.1, -0.05) is 0 Å². The number of allylic oxidation sites excluding steroid dienone is 2. The molecule has 0 saturated carbocycles. The predicted molar refractivity (Wildman–Crippen MR) is 95.0 cm³/mol. The number of nitrogens with one attached hydrogen (secondary N) is 1. The smallest absolute Gasteiger partial charge is 0.226 e. The second-order valence-electron chi connectivity index (χ2n) is 5.78. The SMILES string of the molecule is COc1cc([C@H]2C3=C(CCCC3=O)Nc3ncnn32)cc(I)c1O. The summed E-state index contributed by atoms with van der Waals surface area (Å²) in [7, 11) is 1.51. The quantitative estimate of drug-likeness (QED) is 0.701. The van der Waals surface area contributed by atoms with Gasteiger partial charge in [-0.3, -0.25) is 4.79 Å². The van der Waals surface area contributed by atoms with Gasteiger partial charge in [0, 0.05) is 17.7 Å². The zero-order valence-corrected chi connectivity index (χ0v) is 15.1. The number of hydrogen-bond acceptors (Lipinski definition) is 6. The molecule has 2 aliphatic rings. The van der Waals surface area contributed by atoms with Gasteiger partial charge in [-0.2, -0.15) is 10.1 Å². The van der Waals surface area contributed by atoms with Crippen LogP contribution in [0.4, 0.5) is 5.95 Å². The number of nitrogens with zero attached hydrogens (tertiary/aromatic N) is 3. The van der Waals surface area contributed by atoms with Crippen LogP contribution in [0.15, 0.2) is 29.7 Å². The third kappa shape index (κ3) is 2.27. The van der Waals surface area contributed by atoms with Gasteiger partial charge in [0.2, 0.25) is 5.95 Å². The van der Waals surface area contributed by atoms with E-state index >= 15 is 0 Å². The van der Waals surface area contributed by atoms with Gasteiger partial charge in [-0.25, -0.2) is 4.68 Å². The van der Waals surface area contributed by atoms with E-state index in [0.717, 1.165) is 29.7 Å². The van der Waals surface area contributed by atoms with Gasteiger partial charge >= 0.3 is 0 Å². The molecule has 2 N–H and O–H groups in total. The number of ether oxygens (including phenoxy) is 1. The molecule has 1 aromatic heterocycles. The number of benzene rings is 1. The van der Waals surface area contributed by atoms with Gasteiger partial charge in [0.15, 0.2) is 17.3 Å². The Bertz CT molecular complexity index is 874. The molecule has 0 saturated heterocycles. The van der Waals surface area contributed by atoms with Crippen molar-refractivity contribution in [2.45, 2.75) is 25.3 Å². The molecule has 0 radical (unpaired) electrons. The second kappa shape index (κ2) is 5.76. The second-order valence-corrected chi connectivity index (χ2v) is 6.94. The number of fused-ring (bicyclic) bond motifs is 1. The average Bonchev–Trinajstić information content (AvgIpc) is 3.03. The largest absolute Gasteiger partial charge is 0.504 e. The molecule has 0 spiro atoms. The number of methoxy groups -OCH3 is 1. The van der Waals surface area contributed by atoms with Crippen LogP contribution in [0.5, 0.6) is 11.5 Å². The Morgan fingerprint density at radius 2 is 2.25 bits per heavy atom. The fourth-order valence-electron chi connectivity index (χ4n) is 3.31. The molecule has 0 fully saturated rings. The van der Waals surface area contributed by atoms with Crippen LogP contribution < -0.4 is 10.1 Å². The number of ketones is 1. The van der Waals surface area contributed by atoms with Crippen molar-refractivity contribution in [3.8, 4) is 11.5 Å². The van der Waals surface area contributed by atoms with Crippen LogP contribution >= 0.6 is 22.6 Å². The Labute approximate surface area is 151 Å². The fraction of sp³-hybridized carbons (Fsp3) is 0.312. The predicted octanol–water partition coefficient (Wildman–Crippen LogP) is 2.62. The minimum Gasteiger partial charge on any atom is -0.504 e. The molecule has 2 aromatic rings. The molecule has 1 aromatic carbocycles. The first kappa shape index (κ1) is 15.4. The summed E-state index contributed by atoms with van der Waals surface area (Å²) in [5.74, 6) is 1.22. The van der Waals surface area contributed by atoms with E-state index in [2.05, 4.69) is 38.0 Å². The zero-order valence-electron chi connectivity index (χ0n) is 12.9. The number of carbonyl (C=O) groups is 1. The molecule has 7 nitrogen and oxygen atoms in total. The summed E-state index contributed by atoms with van der Waals surface area (Å²) in [5.41, 5.74) is 2.48. The molecule has 1 aliphatic heterocycles. The summed E-state index contributed by atoms with van der Waals surface area (Å²) < 4.78 is 7.64. The number of hydrogen-bond donors (Lipinski definition) is 2. The van der Waals surface area contributed by atoms with E-state index in [1.165, 1.54) is 13.4 Å². The molecule has 1 atom stereocenters. The van der Waals surface area contributed by atoms with E-state index in [1.54, 1.807) is 10.7 Å². The number of rotatable bonds is 2. The first-order valence-corrected chi connectivity index (χ1v) is 8.67. The first-order valence-electron chi connectivity index (χ1n) is 7.59. The number of Topliss-reactive ketones (excluding diaryl/α,β-unsaturated/α-hetero) is 1. The molecule has 2 heterocycles. The van der Waals surface area contributed by atoms with Crippen LogP contribution in [0.3, 0.4) is 0 Å². The average molecular weight is 438 g/mol. The van der Waals surface area contributed by atoms with Crippen molar-refractivity contribution in [3.05, 3.63) is 38.9 Å². The summed E-state index contributed by atoms with van der Waals surface area (Å²) >= 11 is 2.05. The maximum absolute atomic E-state index is 12.6. The number of phenolic OH excluding ortho intramolecular Hbond substituents is 1. The maximum atomic E-state index is 12.6. The van der Waals surface area contributed by atoms with Crippen LogP contribution in [0.25, 0.3) is 0 Å². The molecule has 1 aliphatic carbocycles. The number of phenols is 1. The Morgan fingerprint density at radius 1 is 1.42 bits per heavy atom. The highest BCUT2D eigenvalue weighted by Crippen LogP contribution is 2.42. The third-order valence-corrected chi connectivity index (χ3v) is 5.22. The highest BCUT2D eigenvalue weighted by atomic mass is 127. The van der Waals surface area contributed by atoms with Crippen LogP contribution in [-0.4, -0.2) is 32.8 Å². The van der Waals surface area contributed by atoms with Crippen molar-refractivity contribution >= 4 is 34.3 Å². The Balaban J connectivity index is 1.94. The molecule has 0 amide bonds. The van der Waals surface area contributed by atoms with Gasteiger partial charge in [0.05, 0.1) is 10.7 Å². The zero-order chi connectivity index (χ0) is 16.8. The van der Waals surface area contributed by atoms with E-state index in [9.17, 15) is 9.90 Å². The summed E-state index contributed by atoms with van der Waals surface area (Å²) in [4.78, 5) is 16.9. The lowest BCUT2D eigenvalue weighted by Crippen LogP contribution is -2.31. The van der Waals surface area contributed by atoms with E-state index < -0.39 is 0 Å². The molecular formula is C16H15IN4O3. The van der Waals surface area contributed by atoms with Crippen molar-refractivity contribution < 1.29 is 14.6 Å². The van der Waals surface area contributed by atoms with E-state index in [4.69, 9.17) is 4.74 Å². The van der Waals surface area contributed by atoms with Crippen LogP contribution in [-0.2, 0) is 4.79 Å². The fourth-order valence-corrected chi connectivity index (χ4v) is 3.94. The van der Waals surface area contributed by atoms with E-state index in [0.29, 0.717) is 21.7 Å². The lowest BCUT2D eigenvalue weighted by Gasteiger charge is -2.32. The summed E-state index contributed by atoms with van der Waals surface area (Å²) in [5, 5.41) is 17.6. The number of carbonyl (C=O) groups excluding carboxylic acids is 1. The summed E-state index contributed by atoms with van der Waals surface area (Å²) in [6.07, 6.45) is 3.66. The Morgan fingerprint density at radius 3 is 3.04 bits per heavy atom. The number of aromatic nitrogens is 3. The Hall–Kier alpha value is -2.10. The molecular weight excluding hydrogens is 423 g/mol. The van der Waals surface area contributed by atoms with Gasteiger partial charge in [-0.15, -0.1) is 0 Å². The first-order chi connectivity index (χ1) is 11.6. The number of anilines is 1. The van der Waals surface area contributed by atoms with Crippen LogP contribution in [0.2, 0.25) is 0 Å². The minimum absolute atomic E-state index is 0.0961. The van der Waals surface area contributed by atoms with Gasteiger partial charge in [0.1, 0.15) is 12.4 Å². The molecule has 124 valence electrons. The van der Waals surface area contributed by atoms with E-state index in [-0.39, 0.29) is 17.6 Å². The van der Waals surface area contributed by atoms with Gasteiger partial charge in [-0.05, 0) is 53.1 Å². The minimum atomic E-state index is -0.366. The van der Waals surface area contributed by atoms with Crippen LogP contribution in [0.1, 0.15) is 30.9 Å². The normalized spacial score (nSPS) is 19.6. The van der Waals surface area contributed by atoms with Crippen molar-refractivity contribution in [1.82, 2.24) is 14.8 Å². The molecule has 24 heavy (non-hydrogen) atoms.